The lowest BCUT2D eigenvalue weighted by atomic mass is 9.84. The van der Waals surface area contributed by atoms with Crippen LogP contribution in [0.1, 0.15) is 90.1 Å². The predicted octanol–water partition coefficient (Wildman–Crippen LogP) is 6.33. The third-order valence-corrected chi connectivity index (χ3v) is 14.6. The maximum atomic E-state index is 15.0. The van der Waals surface area contributed by atoms with Gasteiger partial charge in [-0.2, -0.15) is 0 Å². The maximum absolute atomic E-state index is 15.0. The van der Waals surface area contributed by atoms with Gasteiger partial charge in [0.25, 0.3) is 11.8 Å². The molecule has 2 saturated heterocycles. The number of pyridine rings is 1. The number of fused-ring (bicyclic) bond motifs is 6. The molecule has 15 nitrogen and oxygen atoms in total. The highest BCUT2D eigenvalue weighted by atomic mass is 19.1. The van der Waals surface area contributed by atoms with Crippen molar-refractivity contribution in [2.45, 2.75) is 124 Å². The van der Waals surface area contributed by atoms with E-state index >= 15 is 4.39 Å². The molecule has 5 heterocycles. The van der Waals surface area contributed by atoms with Gasteiger partial charge in [-0.15, -0.1) is 0 Å². The predicted molar refractivity (Wildman–Crippen MR) is 275 cm³/mol. The van der Waals surface area contributed by atoms with Crippen LogP contribution < -0.4 is 10.7 Å². The van der Waals surface area contributed by atoms with E-state index in [-0.39, 0.29) is 43.8 Å². The Morgan fingerprint density at radius 1 is 1.06 bits per heavy atom. The Balaban J connectivity index is 1.26. The summed E-state index contributed by atoms with van der Waals surface area (Å²) in [5, 5.41) is 5.39. The molecule has 2 aromatic carbocycles. The summed E-state index contributed by atoms with van der Waals surface area (Å²) in [6.45, 7) is 14.8. The van der Waals surface area contributed by atoms with Crippen LogP contribution in [-0.2, 0) is 66.1 Å². The third kappa shape index (κ3) is 11.7. The topological polar surface area (TPSA) is 159 Å². The van der Waals surface area contributed by atoms with E-state index in [9.17, 15) is 24.0 Å². The lowest BCUT2D eigenvalue weighted by Crippen LogP contribution is -2.62. The zero-order valence-corrected chi connectivity index (χ0v) is 44.0. The van der Waals surface area contributed by atoms with Gasteiger partial charge in [0.15, 0.2) is 0 Å². The van der Waals surface area contributed by atoms with Gasteiger partial charge in [0, 0.05) is 74.8 Å². The van der Waals surface area contributed by atoms with Crippen molar-refractivity contribution in [1.82, 2.24) is 40.0 Å². The van der Waals surface area contributed by atoms with Crippen molar-refractivity contribution in [3.63, 3.8) is 0 Å². The molecule has 2 aromatic heterocycles. The highest BCUT2D eigenvalue weighted by Crippen LogP contribution is 2.41. The summed E-state index contributed by atoms with van der Waals surface area (Å²) in [6.07, 6.45) is 3.60. The van der Waals surface area contributed by atoms with Crippen LogP contribution in [0.4, 0.5) is 4.39 Å². The number of halogens is 1. The van der Waals surface area contributed by atoms with Gasteiger partial charge in [0.05, 0.1) is 36.1 Å². The lowest BCUT2D eigenvalue weighted by Gasteiger charge is -2.37. The molecule has 72 heavy (non-hydrogen) atoms. The quantitative estimate of drug-likeness (QED) is 0.129. The first-order valence-corrected chi connectivity index (χ1v) is 25.2. The van der Waals surface area contributed by atoms with Gasteiger partial charge in [0.1, 0.15) is 24.8 Å². The van der Waals surface area contributed by atoms with E-state index in [2.05, 4.69) is 66.1 Å². The SMILES string of the molecule is CCn1c(-c2cccnc2COC)c2c3cc(ccc31)-c1cc(CF)cc(c1)C[C@H](NC(=O)C(C(C)C)N(C)C(=O)[C@H]1CCN(C(=O)C#CC(C)(C)N(C)C)C1)C(=O)N1CCC[C@H](N1)C(=O)OCC(C)(C)C2. The fourth-order valence-corrected chi connectivity index (χ4v) is 10.2. The minimum absolute atomic E-state index is 0.0200. The van der Waals surface area contributed by atoms with Gasteiger partial charge in [0.2, 0.25) is 11.8 Å². The molecule has 2 N–H and O–H groups in total. The van der Waals surface area contributed by atoms with Gasteiger partial charge in [-0.25, -0.2) is 9.82 Å². The van der Waals surface area contributed by atoms with Crippen molar-refractivity contribution >= 4 is 40.5 Å². The highest BCUT2D eigenvalue weighted by molar-refractivity contribution is 5.97. The average molecular weight is 989 g/mol. The van der Waals surface area contributed by atoms with E-state index < -0.39 is 59.5 Å². The Hall–Kier alpha value is -6.15. The fraction of sp³-hybridized carbons (Fsp3) is 0.536. The molecule has 2 fully saturated rings. The maximum Gasteiger partial charge on any atom is 0.324 e. The second-order valence-corrected chi connectivity index (χ2v) is 21.5. The van der Waals surface area contributed by atoms with Crippen LogP contribution in [0.2, 0.25) is 0 Å². The monoisotopic (exact) mass is 989 g/mol. The normalized spacial score (nSPS) is 19.9. The van der Waals surface area contributed by atoms with E-state index in [0.717, 1.165) is 44.5 Å². The summed E-state index contributed by atoms with van der Waals surface area (Å²) < 4.78 is 29.0. The number of carbonyl (C=O) groups excluding carboxylic acids is 5. The number of carbonyl (C=O) groups is 5. The largest absolute Gasteiger partial charge is 0.464 e. The summed E-state index contributed by atoms with van der Waals surface area (Å²) in [7, 11) is 7.01. The number of hydrogen-bond acceptors (Lipinski definition) is 10. The molecular weight excluding hydrogens is 916 g/mol. The summed E-state index contributed by atoms with van der Waals surface area (Å²) in [5.74, 6) is 2.67. The number of amides is 4. The second kappa shape index (κ2) is 22.3. The summed E-state index contributed by atoms with van der Waals surface area (Å²) >= 11 is 0. The van der Waals surface area contributed by atoms with Gasteiger partial charge in [-0.3, -0.25) is 38.9 Å². The molecule has 386 valence electrons. The molecule has 7 rings (SSSR count). The number of alkyl halides is 1. The van der Waals surface area contributed by atoms with Gasteiger partial charge in [-0.05, 0) is 131 Å². The van der Waals surface area contributed by atoms with Crippen LogP contribution >= 0.6 is 0 Å². The van der Waals surface area contributed by atoms with E-state index in [4.69, 9.17) is 14.5 Å². The Bertz CT molecular complexity index is 2750. The van der Waals surface area contributed by atoms with E-state index in [1.165, 1.54) is 9.91 Å². The number of esters is 1. The van der Waals surface area contributed by atoms with Crippen LogP contribution in [0.25, 0.3) is 33.3 Å². The van der Waals surface area contributed by atoms with Crippen LogP contribution in [0.3, 0.4) is 0 Å². The molecule has 16 heteroatoms. The molecule has 3 aliphatic rings. The zero-order chi connectivity index (χ0) is 52.2. The standard InChI is InChI=1S/C56H73FN8O7/c1-12-64-47-18-17-38-29-42(47)43(50(64)41-15-13-22-58-46(41)33-71-11)30-55(4,5)34-72-54(70)44-16-14-23-65(60-44)53(69)45(28-36-25-37(31-57)27-40(38)26-36)59-51(67)49(35(2)3)62(10)52(68)39-20-24-63(32-39)48(66)19-21-56(6,7)61(8)9/h13,15,17-18,22,25-27,29,35,39,44-45,49,60H,12,14,16,20,23-24,28,30-34H2,1-11H3,(H,59,67)/t39-,44-,45-,49?/m0/s1. The number of nitrogens with zero attached hydrogens (tertiary/aromatic N) is 6. The molecule has 4 aromatic rings. The van der Waals surface area contributed by atoms with Crippen molar-refractivity contribution in [3.8, 4) is 34.2 Å². The number of methoxy groups -OCH3 is 1. The van der Waals surface area contributed by atoms with Crippen molar-refractivity contribution in [3.05, 3.63) is 77.1 Å². The molecule has 4 amide bonds. The Morgan fingerprint density at radius 2 is 1.82 bits per heavy atom. The molecule has 0 spiro atoms. The smallest absolute Gasteiger partial charge is 0.324 e. The first-order valence-electron chi connectivity index (χ1n) is 25.2. The minimum Gasteiger partial charge on any atom is -0.464 e. The van der Waals surface area contributed by atoms with Crippen molar-refractivity contribution in [1.29, 1.82) is 0 Å². The van der Waals surface area contributed by atoms with Gasteiger partial charge in [-0.1, -0.05) is 51.8 Å². The van der Waals surface area contributed by atoms with Gasteiger partial charge >= 0.3 is 5.97 Å². The number of hydrogen-bond donors (Lipinski definition) is 2. The van der Waals surface area contributed by atoms with Gasteiger partial charge < -0.3 is 29.2 Å². The molecule has 0 saturated carbocycles. The van der Waals surface area contributed by atoms with Crippen LogP contribution in [-0.4, -0.2) is 137 Å². The fourth-order valence-electron chi connectivity index (χ4n) is 10.2. The van der Waals surface area contributed by atoms with E-state index in [0.29, 0.717) is 56.5 Å². The number of cyclic esters (lactones) is 1. The molecule has 6 bridgehead atoms. The number of likely N-dealkylation sites (tertiary alicyclic amines) is 1. The van der Waals surface area contributed by atoms with Crippen molar-refractivity contribution in [2.24, 2.45) is 17.3 Å². The minimum atomic E-state index is -1.19. The Labute approximate surface area is 424 Å². The summed E-state index contributed by atoms with van der Waals surface area (Å²) in [6, 6.07) is 12.7. The number of aromatic nitrogens is 2. The number of nitrogens with one attached hydrogen (secondary N) is 2. The zero-order valence-electron chi connectivity index (χ0n) is 44.0. The lowest BCUT2D eigenvalue weighted by molar-refractivity contribution is -0.155. The highest BCUT2D eigenvalue weighted by Gasteiger charge is 2.40. The van der Waals surface area contributed by atoms with Crippen LogP contribution in [0.15, 0.2) is 54.7 Å². The van der Waals surface area contributed by atoms with Crippen molar-refractivity contribution in [2.75, 3.05) is 54.5 Å². The Kier molecular flexibility index (Phi) is 16.6. The molecule has 1 unspecified atom stereocenters. The summed E-state index contributed by atoms with van der Waals surface area (Å²) in [5.41, 5.74) is 9.41. The van der Waals surface area contributed by atoms with E-state index in [1.54, 1.807) is 31.3 Å². The number of ether oxygens (including phenoxy) is 2. The molecular formula is C56H73FN8O7. The number of hydrazine groups is 1. The number of aryl methyl sites for hydroxylation is 1. The number of benzene rings is 2. The Morgan fingerprint density at radius 3 is 2.51 bits per heavy atom. The first kappa shape index (κ1) is 53.6. The molecule has 0 radical (unpaired) electrons. The summed E-state index contributed by atoms with van der Waals surface area (Å²) in [4.78, 5) is 80.6. The van der Waals surface area contributed by atoms with Crippen molar-refractivity contribution < 1.29 is 37.8 Å². The first-order chi connectivity index (χ1) is 34.2. The second-order valence-electron chi connectivity index (χ2n) is 21.5. The van der Waals surface area contributed by atoms with Crippen LogP contribution in [0, 0.1) is 29.1 Å². The number of likely N-dealkylation sites (N-methyl/N-ethyl adjacent to an activating group) is 1. The molecule has 3 aliphatic heterocycles. The van der Waals surface area contributed by atoms with E-state index in [1.807, 2.05) is 71.0 Å². The average Bonchev–Trinajstić information content (AvgIpc) is 3.97. The number of rotatable bonds is 11. The molecule has 4 atom stereocenters. The third-order valence-electron chi connectivity index (χ3n) is 14.6. The molecule has 0 aliphatic carbocycles. The van der Waals surface area contributed by atoms with Crippen LogP contribution in [0.5, 0.6) is 0 Å².